The molecule has 1 saturated heterocycles. The normalized spacial score (nSPS) is 29.7. The zero-order valence-electron chi connectivity index (χ0n) is 16.5. The summed E-state index contributed by atoms with van der Waals surface area (Å²) in [4.78, 5) is 0. The highest BCUT2D eigenvalue weighted by Crippen LogP contribution is 2.40. The van der Waals surface area contributed by atoms with E-state index in [2.05, 4.69) is 19.9 Å². The van der Waals surface area contributed by atoms with Gasteiger partial charge >= 0.3 is 0 Å². The lowest BCUT2D eigenvalue weighted by molar-refractivity contribution is -0.229. The predicted molar refractivity (Wildman–Crippen MR) is 104 cm³/mol. The maximum atomic E-state index is 14.4. The zero-order chi connectivity index (χ0) is 18.4. The van der Waals surface area contributed by atoms with Crippen LogP contribution in [0.5, 0.6) is 0 Å². The van der Waals surface area contributed by atoms with Crippen molar-refractivity contribution in [2.24, 2.45) is 11.8 Å². The first-order valence-electron chi connectivity index (χ1n) is 10.7. The molecule has 0 spiro atoms. The van der Waals surface area contributed by atoms with Crippen molar-refractivity contribution in [3.8, 4) is 0 Å². The molecule has 0 N–H and O–H groups in total. The summed E-state index contributed by atoms with van der Waals surface area (Å²) in [5.74, 6) is 1.37. The van der Waals surface area contributed by atoms with Crippen molar-refractivity contribution in [2.75, 3.05) is 13.2 Å². The lowest BCUT2D eigenvalue weighted by atomic mass is 9.78. The van der Waals surface area contributed by atoms with Gasteiger partial charge in [0.2, 0.25) is 0 Å². The predicted octanol–water partition coefficient (Wildman–Crippen LogP) is 6.23. The van der Waals surface area contributed by atoms with Crippen molar-refractivity contribution in [3.63, 3.8) is 0 Å². The average molecular weight is 363 g/mol. The van der Waals surface area contributed by atoms with Gasteiger partial charge in [-0.05, 0) is 61.6 Å². The van der Waals surface area contributed by atoms with Crippen LogP contribution in [0.3, 0.4) is 0 Å². The monoisotopic (exact) mass is 362 g/mol. The molecule has 0 radical (unpaired) electrons. The highest BCUT2D eigenvalue weighted by molar-refractivity contribution is 5.27. The molecule has 0 bridgehead atoms. The Labute approximate surface area is 158 Å². The Kier molecular flexibility index (Phi) is 7.51. The van der Waals surface area contributed by atoms with Crippen LogP contribution in [0.25, 0.3) is 0 Å². The van der Waals surface area contributed by atoms with Crippen LogP contribution < -0.4 is 0 Å². The minimum Gasteiger partial charge on any atom is -0.352 e. The third kappa shape index (κ3) is 5.07. The van der Waals surface area contributed by atoms with E-state index >= 15 is 0 Å². The Hall–Kier alpha value is -0.930. The van der Waals surface area contributed by atoms with Gasteiger partial charge in [0.1, 0.15) is 5.82 Å². The van der Waals surface area contributed by atoms with Gasteiger partial charge in [-0.15, -0.1) is 0 Å². The highest BCUT2D eigenvalue weighted by Gasteiger charge is 2.33. The van der Waals surface area contributed by atoms with Crippen LogP contribution >= 0.6 is 0 Å². The molecular weight excluding hydrogens is 327 g/mol. The molecule has 2 fully saturated rings. The van der Waals surface area contributed by atoms with Gasteiger partial charge in [-0.1, -0.05) is 45.2 Å². The van der Waals surface area contributed by atoms with Gasteiger partial charge in [0.25, 0.3) is 0 Å². The first-order chi connectivity index (χ1) is 12.7. The summed E-state index contributed by atoms with van der Waals surface area (Å²) >= 11 is 0. The second-order valence-electron chi connectivity index (χ2n) is 8.22. The number of hydrogen-bond acceptors (Lipinski definition) is 2. The van der Waals surface area contributed by atoms with Gasteiger partial charge in [-0.25, -0.2) is 4.39 Å². The van der Waals surface area contributed by atoms with Crippen molar-refractivity contribution >= 4 is 0 Å². The van der Waals surface area contributed by atoms with Gasteiger partial charge in [-0.3, -0.25) is 0 Å². The molecule has 1 aliphatic carbocycles. The van der Waals surface area contributed by atoms with Crippen molar-refractivity contribution in [1.82, 2.24) is 0 Å². The summed E-state index contributed by atoms with van der Waals surface area (Å²) < 4.78 is 26.5. The van der Waals surface area contributed by atoms with Gasteiger partial charge in [0.05, 0.1) is 13.2 Å². The van der Waals surface area contributed by atoms with Gasteiger partial charge in [0, 0.05) is 11.8 Å². The molecule has 1 heterocycles. The Balaban J connectivity index is 1.44. The molecular formula is C23H35FO2. The van der Waals surface area contributed by atoms with E-state index in [1.165, 1.54) is 25.7 Å². The zero-order valence-corrected chi connectivity index (χ0v) is 16.5. The number of ether oxygens (including phenoxy) is 2. The van der Waals surface area contributed by atoms with Crippen molar-refractivity contribution in [1.29, 1.82) is 0 Å². The lowest BCUT2D eigenvalue weighted by Crippen LogP contribution is -2.38. The van der Waals surface area contributed by atoms with Crippen molar-refractivity contribution in [2.45, 2.75) is 83.8 Å². The Morgan fingerprint density at radius 1 is 1.00 bits per heavy atom. The third-order valence-electron chi connectivity index (χ3n) is 6.28. The minimum atomic E-state index is -0.0364. The topological polar surface area (TPSA) is 18.5 Å². The number of halogens is 1. The van der Waals surface area contributed by atoms with E-state index in [1.54, 1.807) is 6.07 Å². The Bertz CT molecular complexity index is 543. The maximum Gasteiger partial charge on any atom is 0.160 e. The molecule has 26 heavy (non-hydrogen) atoms. The quantitative estimate of drug-likeness (QED) is 0.535. The van der Waals surface area contributed by atoms with E-state index in [4.69, 9.17) is 9.47 Å². The van der Waals surface area contributed by atoms with Crippen LogP contribution in [-0.4, -0.2) is 19.5 Å². The fourth-order valence-corrected chi connectivity index (χ4v) is 4.50. The summed E-state index contributed by atoms with van der Waals surface area (Å²) in [5.41, 5.74) is 1.99. The van der Waals surface area contributed by atoms with Gasteiger partial charge < -0.3 is 9.47 Å². The third-order valence-corrected chi connectivity index (χ3v) is 6.28. The fraction of sp³-hybridized carbons (Fsp3) is 0.739. The highest BCUT2D eigenvalue weighted by atomic mass is 19.1. The fourth-order valence-electron chi connectivity index (χ4n) is 4.50. The van der Waals surface area contributed by atoms with Crippen LogP contribution in [0.2, 0.25) is 0 Å². The second-order valence-corrected chi connectivity index (χ2v) is 8.22. The number of benzene rings is 1. The molecule has 146 valence electrons. The van der Waals surface area contributed by atoms with Crippen molar-refractivity contribution < 1.29 is 13.9 Å². The molecule has 1 aromatic carbocycles. The number of rotatable bonds is 7. The van der Waals surface area contributed by atoms with E-state index in [0.29, 0.717) is 17.8 Å². The first-order valence-corrected chi connectivity index (χ1v) is 10.7. The van der Waals surface area contributed by atoms with Gasteiger partial charge in [0.15, 0.2) is 6.29 Å². The molecule has 3 heteroatoms. The van der Waals surface area contributed by atoms with Crippen LogP contribution in [-0.2, 0) is 15.9 Å². The average Bonchev–Trinajstić information content (AvgIpc) is 2.69. The molecule has 0 atom stereocenters. The number of aryl methyl sites for hydroxylation is 1. The van der Waals surface area contributed by atoms with Crippen LogP contribution in [0.4, 0.5) is 4.39 Å². The maximum absolute atomic E-state index is 14.4. The lowest BCUT2D eigenvalue weighted by Gasteiger charge is -2.37. The summed E-state index contributed by atoms with van der Waals surface area (Å²) in [5, 5.41) is 0. The molecule has 1 aromatic rings. The van der Waals surface area contributed by atoms with Crippen LogP contribution in [0.15, 0.2) is 18.2 Å². The standard InChI is InChI=1S/C23H35FO2/c1-3-5-6-7-18-15-25-23(26-16-18)20-11-9-19(10-12-20)21-13-8-17(4-2)14-22(21)24/h8,13-14,18-20,23H,3-7,9-12,15-16H2,1-2H3/t18?,19-,20-,23?. The molecule has 0 aromatic heterocycles. The Morgan fingerprint density at radius 3 is 2.35 bits per heavy atom. The van der Waals surface area contributed by atoms with E-state index in [9.17, 15) is 4.39 Å². The molecule has 1 aliphatic heterocycles. The van der Waals surface area contributed by atoms with Crippen molar-refractivity contribution in [3.05, 3.63) is 35.1 Å². The molecule has 1 saturated carbocycles. The Morgan fingerprint density at radius 2 is 1.73 bits per heavy atom. The molecule has 0 unspecified atom stereocenters. The smallest absolute Gasteiger partial charge is 0.160 e. The SMILES string of the molecule is CCCCCC1COC([C@H]2CC[C@H](c3ccc(CC)cc3F)CC2)OC1. The number of unbranched alkanes of at least 4 members (excludes halogenated alkanes) is 2. The van der Waals surface area contributed by atoms with Crippen LogP contribution in [0, 0.1) is 17.7 Å². The van der Waals surface area contributed by atoms with Crippen LogP contribution in [0.1, 0.15) is 82.3 Å². The summed E-state index contributed by atoms with van der Waals surface area (Å²) in [6.45, 7) is 6.01. The minimum absolute atomic E-state index is 0.0205. The number of hydrogen-bond donors (Lipinski definition) is 0. The molecule has 0 amide bonds. The first kappa shape index (κ1) is 19.8. The van der Waals surface area contributed by atoms with E-state index < -0.39 is 0 Å². The molecule has 2 aliphatic rings. The largest absolute Gasteiger partial charge is 0.352 e. The summed E-state index contributed by atoms with van der Waals surface area (Å²) in [7, 11) is 0. The molecule has 3 rings (SSSR count). The summed E-state index contributed by atoms with van der Waals surface area (Å²) in [6, 6.07) is 5.80. The second kappa shape index (κ2) is 9.85. The summed E-state index contributed by atoms with van der Waals surface area (Å²) in [6.07, 6.45) is 10.2. The van der Waals surface area contributed by atoms with E-state index in [1.807, 2.05) is 6.07 Å². The molecule has 2 nitrogen and oxygen atoms in total. The van der Waals surface area contributed by atoms with Gasteiger partial charge in [-0.2, -0.15) is 0 Å². The van der Waals surface area contributed by atoms with E-state index in [-0.39, 0.29) is 12.1 Å². The van der Waals surface area contributed by atoms with E-state index in [0.717, 1.165) is 56.4 Å².